The highest BCUT2D eigenvalue weighted by Gasteiger charge is 2.07. The van der Waals surface area contributed by atoms with E-state index < -0.39 is 0 Å². The molecule has 0 spiro atoms. The van der Waals surface area contributed by atoms with Crippen molar-refractivity contribution in [2.45, 2.75) is 0 Å². The number of carbonyl (C=O) groups excluding carboxylic acids is 1. The summed E-state index contributed by atoms with van der Waals surface area (Å²) in [5.41, 5.74) is 3.54. The van der Waals surface area contributed by atoms with Gasteiger partial charge in [-0.25, -0.2) is 5.43 Å². The predicted octanol–water partition coefficient (Wildman–Crippen LogP) is 2.76. The fourth-order valence-electron chi connectivity index (χ4n) is 1.46. The zero-order valence-electron chi connectivity index (χ0n) is 9.88. The first-order valence-electron chi connectivity index (χ1n) is 5.54. The molecule has 5 heteroatoms. The van der Waals surface area contributed by atoms with E-state index in [9.17, 15) is 9.90 Å². The van der Waals surface area contributed by atoms with E-state index in [4.69, 9.17) is 0 Å². The quantitative estimate of drug-likeness (QED) is 0.499. The van der Waals surface area contributed by atoms with E-state index in [0.29, 0.717) is 11.1 Å². The highest BCUT2D eigenvalue weighted by Crippen LogP contribution is 2.13. The molecule has 0 heterocycles. The Kier molecular flexibility index (Phi) is 4.51. The lowest BCUT2D eigenvalue weighted by Gasteiger charge is -2.02. The molecule has 0 aromatic heterocycles. The maximum Gasteiger partial charge on any atom is 0.272 e. The van der Waals surface area contributed by atoms with Gasteiger partial charge < -0.3 is 5.11 Å². The number of nitrogens with one attached hydrogen (secondary N) is 1. The van der Waals surface area contributed by atoms with Crippen LogP contribution in [0.3, 0.4) is 0 Å². The number of carbonyl (C=O) groups is 1. The zero-order valence-corrected chi connectivity index (χ0v) is 12.0. The summed E-state index contributed by atoms with van der Waals surface area (Å²) in [6, 6.07) is 14.0. The first-order chi connectivity index (χ1) is 9.18. The van der Waals surface area contributed by atoms with Crippen LogP contribution in [-0.4, -0.2) is 17.2 Å². The molecule has 0 radical (unpaired) electrons. The minimum Gasteiger partial charge on any atom is -0.507 e. The molecular formula is C14H11IN2O2. The monoisotopic (exact) mass is 366 g/mol. The van der Waals surface area contributed by atoms with Gasteiger partial charge in [-0.1, -0.05) is 24.3 Å². The molecule has 96 valence electrons. The Bertz CT molecular complexity index is 626. The molecule has 0 saturated heterocycles. The van der Waals surface area contributed by atoms with Crippen molar-refractivity contribution < 1.29 is 9.90 Å². The molecule has 2 rings (SSSR count). The molecule has 0 unspecified atom stereocenters. The van der Waals surface area contributed by atoms with Crippen LogP contribution in [0.15, 0.2) is 53.6 Å². The number of hydrogen-bond donors (Lipinski definition) is 2. The van der Waals surface area contributed by atoms with Gasteiger partial charge in [-0.3, -0.25) is 4.79 Å². The lowest BCUT2D eigenvalue weighted by Crippen LogP contribution is -2.18. The van der Waals surface area contributed by atoms with Crippen molar-refractivity contribution >= 4 is 34.7 Å². The third-order valence-electron chi connectivity index (χ3n) is 2.42. The molecule has 0 aliphatic carbocycles. The minimum atomic E-state index is -0.281. The number of aromatic hydroxyl groups is 1. The summed E-state index contributed by atoms with van der Waals surface area (Å²) >= 11 is 2.09. The maximum absolute atomic E-state index is 11.8. The van der Waals surface area contributed by atoms with Crippen LogP contribution < -0.4 is 5.43 Å². The van der Waals surface area contributed by atoms with E-state index in [2.05, 4.69) is 33.1 Å². The van der Waals surface area contributed by atoms with Crippen molar-refractivity contribution in [2.24, 2.45) is 5.10 Å². The highest BCUT2D eigenvalue weighted by molar-refractivity contribution is 14.1. The molecule has 2 aromatic carbocycles. The number of nitrogens with zero attached hydrogens (tertiary/aromatic N) is 1. The van der Waals surface area contributed by atoms with Gasteiger partial charge in [0.25, 0.3) is 5.91 Å². The van der Waals surface area contributed by atoms with Gasteiger partial charge in [0.2, 0.25) is 0 Å². The third kappa shape index (κ3) is 3.54. The van der Waals surface area contributed by atoms with Gasteiger partial charge in [0, 0.05) is 9.13 Å². The first-order valence-corrected chi connectivity index (χ1v) is 6.62. The number of hydrazone groups is 1. The van der Waals surface area contributed by atoms with E-state index >= 15 is 0 Å². The lowest BCUT2D eigenvalue weighted by atomic mass is 10.2. The Morgan fingerprint density at radius 2 is 1.84 bits per heavy atom. The van der Waals surface area contributed by atoms with Crippen molar-refractivity contribution in [3.63, 3.8) is 0 Å². The number of halogens is 1. The number of hydrogen-bond acceptors (Lipinski definition) is 3. The fourth-order valence-corrected chi connectivity index (χ4v) is 2.10. The summed E-state index contributed by atoms with van der Waals surface area (Å²) in [6.45, 7) is 0. The average molecular weight is 366 g/mol. The molecule has 0 aliphatic rings. The lowest BCUT2D eigenvalue weighted by molar-refractivity contribution is 0.0954. The molecule has 0 bridgehead atoms. The van der Waals surface area contributed by atoms with Crippen molar-refractivity contribution in [3.05, 3.63) is 63.2 Å². The van der Waals surface area contributed by atoms with Crippen molar-refractivity contribution in [3.8, 4) is 5.75 Å². The smallest absolute Gasteiger partial charge is 0.272 e. The van der Waals surface area contributed by atoms with Gasteiger partial charge in [0.1, 0.15) is 5.75 Å². The topological polar surface area (TPSA) is 61.7 Å². The van der Waals surface area contributed by atoms with Crippen LogP contribution in [0.2, 0.25) is 0 Å². The van der Waals surface area contributed by atoms with Gasteiger partial charge in [-0.15, -0.1) is 0 Å². The average Bonchev–Trinajstić information content (AvgIpc) is 2.41. The number of phenols is 1. The molecule has 0 saturated carbocycles. The van der Waals surface area contributed by atoms with Gasteiger partial charge in [0.15, 0.2) is 0 Å². The SMILES string of the molecule is O=C(NN=Cc1ccccc1O)c1ccccc1I. The number of phenolic OH excluding ortho intramolecular Hbond substituents is 1. The molecule has 2 aromatic rings. The molecular weight excluding hydrogens is 355 g/mol. The Balaban J connectivity index is 2.06. The number of amides is 1. The second-order valence-electron chi connectivity index (χ2n) is 3.74. The number of rotatable bonds is 3. The first kappa shape index (κ1) is 13.5. The molecule has 2 N–H and O–H groups in total. The van der Waals surface area contributed by atoms with Crippen LogP contribution >= 0.6 is 22.6 Å². The Morgan fingerprint density at radius 3 is 2.58 bits per heavy atom. The zero-order chi connectivity index (χ0) is 13.7. The maximum atomic E-state index is 11.8. The third-order valence-corrected chi connectivity index (χ3v) is 3.37. The van der Waals surface area contributed by atoms with Gasteiger partial charge in [-0.05, 0) is 46.9 Å². The Hall–Kier alpha value is -1.89. The van der Waals surface area contributed by atoms with Crippen molar-refractivity contribution in [1.29, 1.82) is 0 Å². The minimum absolute atomic E-state index is 0.120. The summed E-state index contributed by atoms with van der Waals surface area (Å²) in [6.07, 6.45) is 1.41. The van der Waals surface area contributed by atoms with Crippen LogP contribution in [0, 0.1) is 3.57 Å². The number of benzene rings is 2. The normalized spacial score (nSPS) is 10.6. The standard InChI is InChI=1S/C14H11IN2O2/c15-12-7-3-2-6-11(12)14(19)17-16-9-10-5-1-4-8-13(10)18/h1-9,18H,(H,17,19). The second kappa shape index (κ2) is 6.33. The van der Waals surface area contributed by atoms with Crippen molar-refractivity contribution in [1.82, 2.24) is 5.43 Å². The summed E-state index contributed by atoms with van der Waals surface area (Å²) < 4.78 is 0.857. The highest BCUT2D eigenvalue weighted by atomic mass is 127. The molecule has 0 fully saturated rings. The van der Waals surface area contributed by atoms with Crippen LogP contribution in [0.4, 0.5) is 0 Å². The van der Waals surface area contributed by atoms with Gasteiger partial charge >= 0.3 is 0 Å². The Labute approximate surface area is 124 Å². The fraction of sp³-hybridized carbons (Fsp3) is 0. The molecule has 1 amide bonds. The van der Waals surface area contributed by atoms with Gasteiger partial charge in [0.05, 0.1) is 11.8 Å². The Morgan fingerprint density at radius 1 is 1.16 bits per heavy atom. The molecule has 19 heavy (non-hydrogen) atoms. The van der Waals surface area contributed by atoms with E-state index in [0.717, 1.165) is 3.57 Å². The summed E-state index contributed by atoms with van der Waals surface area (Å²) in [4.78, 5) is 11.8. The van der Waals surface area contributed by atoms with Crippen molar-refractivity contribution in [2.75, 3.05) is 0 Å². The second-order valence-corrected chi connectivity index (χ2v) is 4.90. The van der Waals surface area contributed by atoms with Crippen LogP contribution in [-0.2, 0) is 0 Å². The van der Waals surface area contributed by atoms with Gasteiger partial charge in [-0.2, -0.15) is 5.10 Å². The molecule has 0 atom stereocenters. The summed E-state index contributed by atoms with van der Waals surface area (Å²) in [5.74, 6) is -0.161. The van der Waals surface area contributed by atoms with Crippen LogP contribution in [0.1, 0.15) is 15.9 Å². The van der Waals surface area contributed by atoms with E-state index in [1.165, 1.54) is 6.21 Å². The van der Waals surface area contributed by atoms with Crippen LogP contribution in [0.25, 0.3) is 0 Å². The predicted molar refractivity (Wildman–Crippen MR) is 82.3 cm³/mol. The van der Waals surface area contributed by atoms with E-state index in [1.54, 1.807) is 36.4 Å². The number of para-hydroxylation sites is 1. The molecule has 4 nitrogen and oxygen atoms in total. The largest absolute Gasteiger partial charge is 0.507 e. The van der Waals surface area contributed by atoms with E-state index in [-0.39, 0.29) is 11.7 Å². The molecule has 0 aliphatic heterocycles. The summed E-state index contributed by atoms with van der Waals surface area (Å²) in [5, 5.41) is 13.4. The van der Waals surface area contributed by atoms with Crippen LogP contribution in [0.5, 0.6) is 5.75 Å². The summed E-state index contributed by atoms with van der Waals surface area (Å²) in [7, 11) is 0. The van der Waals surface area contributed by atoms with E-state index in [1.807, 2.05) is 12.1 Å².